The van der Waals surface area contributed by atoms with Crippen LogP contribution in [0.4, 0.5) is 0 Å². The van der Waals surface area contributed by atoms with Gasteiger partial charge in [-0.15, -0.1) is 0 Å². The smallest absolute Gasteiger partial charge is 0.124 e. The molecule has 0 fully saturated rings. The van der Waals surface area contributed by atoms with Crippen LogP contribution in [-0.2, 0) is 6.42 Å². The van der Waals surface area contributed by atoms with Crippen LogP contribution in [0.25, 0.3) is 43.1 Å². The highest BCUT2D eigenvalue weighted by atomic mass is 16.3. The predicted molar refractivity (Wildman–Crippen MR) is 129 cm³/mol. The average molecular weight is 400 g/mol. The Kier molecular flexibility index (Phi) is 3.87. The van der Waals surface area contributed by atoms with Crippen LogP contribution in [0.3, 0.4) is 0 Å². The Morgan fingerprint density at radius 2 is 0.871 bits per heavy atom. The summed E-state index contributed by atoms with van der Waals surface area (Å²) < 4.78 is 0. The van der Waals surface area contributed by atoms with Gasteiger partial charge in [0.05, 0.1) is 0 Å². The molecule has 0 aliphatic rings. The standard InChI is InChI=1S/C29H20O2/c30-26-16-18-7-1-3-11-22(18)28-20(9-5-13-24(26)28)15-21-10-6-14-25-27(31)17-19-8-2-4-12-23(19)29(21)25/h1-14,16-17,30-31H,15H2. The molecule has 0 saturated carbocycles. The lowest BCUT2D eigenvalue weighted by atomic mass is 9.90. The number of fused-ring (bicyclic) bond motifs is 6. The predicted octanol–water partition coefficient (Wildman–Crippen LogP) is 7.30. The lowest BCUT2D eigenvalue weighted by Crippen LogP contribution is -1.94. The molecular formula is C29H20O2. The highest BCUT2D eigenvalue weighted by Gasteiger charge is 2.14. The summed E-state index contributed by atoms with van der Waals surface area (Å²) in [5.41, 5.74) is 2.31. The molecule has 148 valence electrons. The summed E-state index contributed by atoms with van der Waals surface area (Å²) in [6.45, 7) is 0. The van der Waals surface area contributed by atoms with E-state index in [-0.39, 0.29) is 0 Å². The molecule has 0 aromatic heterocycles. The van der Waals surface area contributed by atoms with Gasteiger partial charge in [-0.05, 0) is 62.0 Å². The molecular weight excluding hydrogens is 380 g/mol. The molecule has 0 spiro atoms. The topological polar surface area (TPSA) is 40.5 Å². The maximum atomic E-state index is 10.7. The van der Waals surface area contributed by atoms with Gasteiger partial charge in [-0.1, -0.05) is 84.9 Å². The molecule has 0 radical (unpaired) electrons. The number of phenols is 2. The third kappa shape index (κ3) is 2.72. The molecule has 2 nitrogen and oxygen atoms in total. The third-order valence-corrected chi connectivity index (χ3v) is 6.28. The lowest BCUT2D eigenvalue weighted by Gasteiger charge is -2.15. The number of aromatic hydroxyl groups is 2. The van der Waals surface area contributed by atoms with E-state index in [0.717, 1.165) is 54.2 Å². The van der Waals surface area contributed by atoms with Crippen molar-refractivity contribution >= 4 is 43.1 Å². The van der Waals surface area contributed by atoms with Crippen LogP contribution in [0, 0.1) is 0 Å². The first-order valence-corrected chi connectivity index (χ1v) is 10.5. The molecule has 31 heavy (non-hydrogen) atoms. The molecule has 2 N–H and O–H groups in total. The minimum atomic E-state index is 0.302. The molecule has 6 aromatic rings. The summed E-state index contributed by atoms with van der Waals surface area (Å²) in [7, 11) is 0. The van der Waals surface area contributed by atoms with Gasteiger partial charge >= 0.3 is 0 Å². The van der Waals surface area contributed by atoms with E-state index in [1.165, 1.54) is 0 Å². The molecule has 0 heterocycles. The van der Waals surface area contributed by atoms with E-state index in [2.05, 4.69) is 24.3 Å². The van der Waals surface area contributed by atoms with Crippen molar-refractivity contribution in [3.63, 3.8) is 0 Å². The van der Waals surface area contributed by atoms with Crippen LogP contribution in [0.1, 0.15) is 11.1 Å². The van der Waals surface area contributed by atoms with Crippen LogP contribution in [0.15, 0.2) is 97.1 Å². The zero-order valence-electron chi connectivity index (χ0n) is 16.8. The fourth-order valence-corrected chi connectivity index (χ4v) is 4.91. The van der Waals surface area contributed by atoms with Crippen molar-refractivity contribution < 1.29 is 10.2 Å². The number of phenolic OH excluding ortho intramolecular Hbond substituents is 2. The van der Waals surface area contributed by atoms with Crippen LogP contribution in [0.5, 0.6) is 11.5 Å². The summed E-state index contributed by atoms with van der Waals surface area (Å²) in [5.74, 6) is 0.605. The van der Waals surface area contributed by atoms with Crippen molar-refractivity contribution in [2.75, 3.05) is 0 Å². The first-order chi connectivity index (χ1) is 15.2. The van der Waals surface area contributed by atoms with E-state index < -0.39 is 0 Å². The Labute approximate surface area is 179 Å². The summed E-state index contributed by atoms with van der Waals surface area (Å²) >= 11 is 0. The van der Waals surface area contributed by atoms with Crippen molar-refractivity contribution in [1.82, 2.24) is 0 Å². The zero-order chi connectivity index (χ0) is 20.9. The summed E-state index contributed by atoms with van der Waals surface area (Å²) in [6.07, 6.45) is 0.704. The van der Waals surface area contributed by atoms with Crippen LogP contribution in [-0.4, -0.2) is 10.2 Å². The molecule has 2 heteroatoms. The van der Waals surface area contributed by atoms with Crippen LogP contribution < -0.4 is 0 Å². The Bertz CT molecular complexity index is 1510. The first kappa shape index (κ1) is 17.8. The summed E-state index contributed by atoms with van der Waals surface area (Å²) in [5, 5.41) is 29.6. The van der Waals surface area contributed by atoms with Gasteiger partial charge in [0, 0.05) is 10.8 Å². The average Bonchev–Trinajstić information content (AvgIpc) is 2.80. The molecule has 0 atom stereocenters. The van der Waals surface area contributed by atoms with E-state index in [0.29, 0.717) is 17.9 Å². The Morgan fingerprint density at radius 1 is 0.452 bits per heavy atom. The molecule has 0 aliphatic carbocycles. The van der Waals surface area contributed by atoms with Crippen molar-refractivity contribution in [2.24, 2.45) is 0 Å². The van der Waals surface area contributed by atoms with Gasteiger partial charge in [0.1, 0.15) is 11.5 Å². The van der Waals surface area contributed by atoms with Crippen molar-refractivity contribution in [3.8, 4) is 11.5 Å². The van der Waals surface area contributed by atoms with Crippen molar-refractivity contribution in [1.29, 1.82) is 0 Å². The largest absolute Gasteiger partial charge is 0.507 e. The van der Waals surface area contributed by atoms with Gasteiger partial charge in [0.15, 0.2) is 0 Å². The third-order valence-electron chi connectivity index (χ3n) is 6.28. The second kappa shape index (κ2) is 6.75. The Morgan fingerprint density at radius 3 is 1.35 bits per heavy atom. The quantitative estimate of drug-likeness (QED) is 0.299. The van der Waals surface area contributed by atoms with E-state index >= 15 is 0 Å². The van der Waals surface area contributed by atoms with E-state index in [1.54, 1.807) is 0 Å². The van der Waals surface area contributed by atoms with Gasteiger partial charge in [0.2, 0.25) is 0 Å². The number of hydrogen-bond acceptors (Lipinski definition) is 2. The summed E-state index contributed by atoms with van der Waals surface area (Å²) in [6, 6.07) is 32.3. The van der Waals surface area contributed by atoms with E-state index in [9.17, 15) is 10.2 Å². The SMILES string of the molecule is Oc1cc2ccccc2c2c(Cc3cccc4c(O)cc5ccccc5c34)cccc12. The van der Waals surface area contributed by atoms with E-state index in [4.69, 9.17) is 0 Å². The molecule has 0 bridgehead atoms. The monoisotopic (exact) mass is 400 g/mol. The highest BCUT2D eigenvalue weighted by Crippen LogP contribution is 2.39. The summed E-state index contributed by atoms with van der Waals surface area (Å²) in [4.78, 5) is 0. The van der Waals surface area contributed by atoms with Crippen LogP contribution in [0.2, 0.25) is 0 Å². The van der Waals surface area contributed by atoms with E-state index in [1.807, 2.05) is 72.8 Å². The van der Waals surface area contributed by atoms with Gasteiger partial charge in [0.25, 0.3) is 0 Å². The number of rotatable bonds is 2. The zero-order valence-corrected chi connectivity index (χ0v) is 16.8. The molecule has 0 amide bonds. The Hall–Kier alpha value is -4.04. The lowest BCUT2D eigenvalue weighted by molar-refractivity contribution is 0.482. The molecule has 6 aromatic carbocycles. The number of benzene rings is 6. The highest BCUT2D eigenvalue weighted by molar-refractivity contribution is 6.14. The fraction of sp³-hybridized carbons (Fsp3) is 0.0345. The van der Waals surface area contributed by atoms with Crippen molar-refractivity contribution in [3.05, 3.63) is 108 Å². The number of hydrogen-bond donors (Lipinski definition) is 2. The van der Waals surface area contributed by atoms with Gasteiger partial charge in [-0.3, -0.25) is 0 Å². The van der Waals surface area contributed by atoms with Gasteiger partial charge in [-0.25, -0.2) is 0 Å². The first-order valence-electron chi connectivity index (χ1n) is 10.5. The maximum Gasteiger partial charge on any atom is 0.124 e. The molecule has 0 unspecified atom stereocenters. The molecule has 6 rings (SSSR count). The second-order valence-corrected chi connectivity index (χ2v) is 8.09. The Balaban J connectivity index is 1.67. The normalized spacial score (nSPS) is 11.6. The molecule has 0 aliphatic heterocycles. The van der Waals surface area contributed by atoms with Crippen LogP contribution >= 0.6 is 0 Å². The van der Waals surface area contributed by atoms with Gasteiger partial charge < -0.3 is 10.2 Å². The minimum absolute atomic E-state index is 0.302. The van der Waals surface area contributed by atoms with Crippen molar-refractivity contribution in [2.45, 2.75) is 6.42 Å². The molecule has 0 saturated heterocycles. The second-order valence-electron chi connectivity index (χ2n) is 8.09. The fourth-order valence-electron chi connectivity index (χ4n) is 4.91. The minimum Gasteiger partial charge on any atom is -0.507 e. The van der Waals surface area contributed by atoms with Gasteiger partial charge in [-0.2, -0.15) is 0 Å². The maximum absolute atomic E-state index is 10.7.